The van der Waals surface area contributed by atoms with Crippen LogP contribution in [0.15, 0.2) is 48.7 Å². The smallest absolute Gasteiger partial charge is 0.242 e. The molecule has 1 aromatic carbocycles. The van der Waals surface area contributed by atoms with Crippen molar-refractivity contribution in [2.45, 2.75) is 45.8 Å². The highest BCUT2D eigenvalue weighted by atomic mass is 16.5. The lowest BCUT2D eigenvalue weighted by atomic mass is 10.1. The number of nitrogens with one attached hydrogen (secondary N) is 1. The van der Waals surface area contributed by atoms with E-state index in [2.05, 4.69) is 10.3 Å². The van der Waals surface area contributed by atoms with Gasteiger partial charge in [0.25, 0.3) is 0 Å². The van der Waals surface area contributed by atoms with E-state index in [-0.39, 0.29) is 11.8 Å². The fourth-order valence-corrected chi connectivity index (χ4v) is 2.70. The summed E-state index contributed by atoms with van der Waals surface area (Å²) in [4.78, 5) is 31.0. The summed E-state index contributed by atoms with van der Waals surface area (Å²) in [7, 11) is 1.61. The Hall–Kier alpha value is -2.89. The van der Waals surface area contributed by atoms with Crippen molar-refractivity contribution < 1.29 is 14.3 Å². The zero-order valence-corrected chi connectivity index (χ0v) is 16.1. The Kier molecular flexibility index (Phi) is 7.79. The number of benzene rings is 1. The van der Waals surface area contributed by atoms with Crippen LogP contribution in [-0.2, 0) is 22.7 Å². The molecule has 0 aliphatic carbocycles. The van der Waals surface area contributed by atoms with Crippen LogP contribution >= 0.6 is 0 Å². The van der Waals surface area contributed by atoms with E-state index in [1.807, 2.05) is 49.4 Å². The lowest BCUT2D eigenvalue weighted by molar-refractivity contribution is -0.140. The zero-order chi connectivity index (χ0) is 19.6. The Bertz CT molecular complexity index is 732. The van der Waals surface area contributed by atoms with E-state index in [0.29, 0.717) is 19.5 Å². The van der Waals surface area contributed by atoms with Crippen molar-refractivity contribution in [3.63, 3.8) is 0 Å². The van der Waals surface area contributed by atoms with Gasteiger partial charge in [-0.05, 0) is 43.2 Å². The number of pyridine rings is 1. The fourth-order valence-electron chi connectivity index (χ4n) is 2.70. The minimum absolute atomic E-state index is 0.0335. The molecule has 0 spiro atoms. The maximum atomic E-state index is 12.6. The van der Waals surface area contributed by atoms with Gasteiger partial charge in [0.05, 0.1) is 19.3 Å². The first kappa shape index (κ1) is 20.4. The summed E-state index contributed by atoms with van der Waals surface area (Å²) in [5.41, 5.74) is 1.73. The summed E-state index contributed by atoms with van der Waals surface area (Å²) in [6, 6.07) is 12.5. The highest BCUT2D eigenvalue weighted by Gasteiger charge is 2.25. The van der Waals surface area contributed by atoms with E-state index >= 15 is 0 Å². The van der Waals surface area contributed by atoms with E-state index < -0.39 is 6.04 Å². The lowest BCUT2D eigenvalue weighted by Crippen LogP contribution is -2.47. The molecule has 0 bridgehead atoms. The van der Waals surface area contributed by atoms with E-state index in [4.69, 9.17) is 4.74 Å². The second kappa shape index (κ2) is 10.3. The van der Waals surface area contributed by atoms with Crippen LogP contribution in [0, 0.1) is 0 Å². The van der Waals surface area contributed by atoms with Gasteiger partial charge in [-0.1, -0.05) is 25.1 Å². The summed E-state index contributed by atoms with van der Waals surface area (Å²) < 4.78 is 5.17. The van der Waals surface area contributed by atoms with Gasteiger partial charge in [-0.2, -0.15) is 0 Å². The molecule has 0 aliphatic rings. The second-order valence-corrected chi connectivity index (χ2v) is 6.33. The molecule has 0 aliphatic heterocycles. The predicted molar refractivity (Wildman–Crippen MR) is 104 cm³/mol. The summed E-state index contributed by atoms with van der Waals surface area (Å²) in [5, 5.41) is 2.86. The highest BCUT2D eigenvalue weighted by Crippen LogP contribution is 2.16. The third-order valence-corrected chi connectivity index (χ3v) is 4.31. The van der Waals surface area contributed by atoms with Crippen LogP contribution in [0.25, 0.3) is 0 Å². The van der Waals surface area contributed by atoms with Crippen molar-refractivity contribution in [1.82, 2.24) is 15.2 Å². The van der Waals surface area contributed by atoms with E-state index in [0.717, 1.165) is 23.4 Å². The van der Waals surface area contributed by atoms with Crippen LogP contribution in [0.5, 0.6) is 5.75 Å². The molecule has 0 saturated carbocycles. The zero-order valence-electron chi connectivity index (χ0n) is 16.1. The largest absolute Gasteiger partial charge is 0.497 e. The molecule has 1 aromatic heterocycles. The molecule has 2 amide bonds. The van der Waals surface area contributed by atoms with Gasteiger partial charge < -0.3 is 15.0 Å². The number of aromatic nitrogens is 1. The van der Waals surface area contributed by atoms with Gasteiger partial charge in [-0.15, -0.1) is 0 Å². The predicted octanol–water partition coefficient (Wildman–Crippen LogP) is 2.92. The van der Waals surface area contributed by atoms with Crippen LogP contribution in [0.2, 0.25) is 0 Å². The molecule has 27 heavy (non-hydrogen) atoms. The maximum Gasteiger partial charge on any atom is 0.242 e. The topological polar surface area (TPSA) is 71.5 Å². The molecule has 144 valence electrons. The quantitative estimate of drug-likeness (QED) is 0.738. The van der Waals surface area contributed by atoms with Crippen molar-refractivity contribution >= 4 is 11.8 Å². The molecule has 0 fully saturated rings. The first-order chi connectivity index (χ1) is 13.0. The Labute approximate surface area is 160 Å². The second-order valence-electron chi connectivity index (χ2n) is 6.33. The lowest BCUT2D eigenvalue weighted by Gasteiger charge is -2.28. The number of hydrogen-bond donors (Lipinski definition) is 1. The monoisotopic (exact) mass is 369 g/mol. The Morgan fingerprint density at radius 1 is 1.19 bits per heavy atom. The number of amides is 2. The van der Waals surface area contributed by atoms with Crippen LogP contribution in [-0.4, -0.2) is 34.8 Å². The number of carbonyl (C=O) groups is 2. The van der Waals surface area contributed by atoms with E-state index in [1.165, 1.54) is 0 Å². The third-order valence-electron chi connectivity index (χ3n) is 4.31. The molecule has 1 heterocycles. The van der Waals surface area contributed by atoms with Crippen LogP contribution in [0.1, 0.15) is 37.9 Å². The molecular weight excluding hydrogens is 342 g/mol. The normalized spacial score (nSPS) is 11.5. The average molecular weight is 369 g/mol. The molecule has 6 heteroatoms. The summed E-state index contributed by atoms with van der Waals surface area (Å²) in [6.45, 7) is 4.42. The van der Waals surface area contributed by atoms with E-state index in [9.17, 15) is 9.59 Å². The number of hydrogen-bond acceptors (Lipinski definition) is 4. The van der Waals surface area contributed by atoms with Crippen LogP contribution in [0.3, 0.4) is 0 Å². The standard InChI is InChI=1S/C21H27N3O3/c1-4-7-20(25)24(15-17-9-11-19(27-3)12-10-17)16(2)21(26)23-14-18-8-5-6-13-22-18/h5-6,8-13,16H,4,7,14-15H2,1-3H3,(H,23,26). The molecule has 1 atom stereocenters. The molecule has 6 nitrogen and oxygen atoms in total. The number of methoxy groups -OCH3 is 1. The van der Waals surface area contributed by atoms with Gasteiger partial charge in [0, 0.05) is 19.2 Å². The van der Waals surface area contributed by atoms with Crippen molar-refractivity contribution in [2.24, 2.45) is 0 Å². The van der Waals surface area contributed by atoms with Gasteiger partial charge in [-0.3, -0.25) is 14.6 Å². The van der Waals surface area contributed by atoms with Crippen molar-refractivity contribution in [2.75, 3.05) is 7.11 Å². The fraction of sp³-hybridized carbons (Fsp3) is 0.381. The molecular formula is C21H27N3O3. The molecule has 1 N–H and O–H groups in total. The van der Waals surface area contributed by atoms with Gasteiger partial charge >= 0.3 is 0 Å². The summed E-state index contributed by atoms with van der Waals surface area (Å²) >= 11 is 0. The van der Waals surface area contributed by atoms with Gasteiger partial charge in [0.2, 0.25) is 11.8 Å². The average Bonchev–Trinajstić information content (AvgIpc) is 2.71. The number of carbonyl (C=O) groups excluding carboxylic acids is 2. The summed E-state index contributed by atoms with van der Waals surface area (Å²) in [5.74, 6) is 0.527. The molecule has 2 aromatic rings. The SMILES string of the molecule is CCCC(=O)N(Cc1ccc(OC)cc1)C(C)C(=O)NCc1ccccn1. The van der Waals surface area contributed by atoms with Crippen LogP contribution < -0.4 is 10.1 Å². The first-order valence-electron chi connectivity index (χ1n) is 9.15. The van der Waals surface area contributed by atoms with Gasteiger partial charge in [0.15, 0.2) is 0 Å². The Morgan fingerprint density at radius 2 is 1.93 bits per heavy atom. The highest BCUT2D eigenvalue weighted by molar-refractivity contribution is 5.87. The summed E-state index contributed by atoms with van der Waals surface area (Å²) in [6.07, 6.45) is 2.83. The third kappa shape index (κ3) is 6.09. The first-order valence-corrected chi connectivity index (χ1v) is 9.15. The van der Waals surface area contributed by atoms with Crippen molar-refractivity contribution in [3.8, 4) is 5.75 Å². The van der Waals surface area contributed by atoms with Gasteiger partial charge in [-0.25, -0.2) is 0 Å². The Morgan fingerprint density at radius 3 is 2.52 bits per heavy atom. The number of nitrogens with zero attached hydrogens (tertiary/aromatic N) is 2. The Balaban J connectivity index is 2.06. The van der Waals surface area contributed by atoms with Crippen molar-refractivity contribution in [3.05, 3.63) is 59.9 Å². The molecule has 0 saturated heterocycles. The molecule has 0 radical (unpaired) electrons. The van der Waals surface area contributed by atoms with Gasteiger partial charge in [0.1, 0.15) is 11.8 Å². The minimum atomic E-state index is -0.574. The van der Waals surface area contributed by atoms with E-state index in [1.54, 1.807) is 25.1 Å². The number of rotatable bonds is 9. The minimum Gasteiger partial charge on any atom is -0.497 e. The van der Waals surface area contributed by atoms with Crippen molar-refractivity contribution in [1.29, 1.82) is 0 Å². The maximum absolute atomic E-state index is 12.6. The van der Waals surface area contributed by atoms with Crippen LogP contribution in [0.4, 0.5) is 0 Å². The molecule has 2 rings (SSSR count). The molecule has 1 unspecified atom stereocenters. The number of ether oxygens (including phenoxy) is 1.